The van der Waals surface area contributed by atoms with E-state index in [4.69, 9.17) is 5.26 Å². The highest BCUT2D eigenvalue weighted by molar-refractivity contribution is 5.81. The molecule has 0 aliphatic heterocycles. The van der Waals surface area contributed by atoms with Crippen molar-refractivity contribution in [1.29, 1.82) is 5.26 Å². The second kappa shape index (κ2) is 5.15. The molecule has 0 aromatic carbocycles. The summed E-state index contributed by atoms with van der Waals surface area (Å²) in [4.78, 5) is 18.4. The normalized spacial score (nSPS) is 12.1. The number of nitrogens with zero attached hydrogens (tertiary/aromatic N) is 2. The molecule has 1 rings (SSSR count). The topological polar surface area (TPSA) is 81.6 Å². The summed E-state index contributed by atoms with van der Waals surface area (Å²) in [6, 6.07) is 1.99. The number of hydrogen-bond donors (Lipinski definition) is 2. The lowest BCUT2D eigenvalue weighted by molar-refractivity contribution is -0.124. The van der Waals surface area contributed by atoms with Gasteiger partial charge in [-0.2, -0.15) is 5.26 Å². The van der Waals surface area contributed by atoms with Gasteiger partial charge in [0.2, 0.25) is 5.91 Å². The summed E-state index contributed by atoms with van der Waals surface area (Å²) in [5.41, 5.74) is 0. The van der Waals surface area contributed by atoms with Gasteiger partial charge >= 0.3 is 0 Å². The molecule has 1 unspecified atom stereocenters. The van der Waals surface area contributed by atoms with E-state index in [0.717, 1.165) is 0 Å². The second-order valence-electron chi connectivity index (χ2n) is 3.60. The Hall–Kier alpha value is -1.83. The van der Waals surface area contributed by atoms with E-state index in [1.54, 1.807) is 12.4 Å². The summed E-state index contributed by atoms with van der Waals surface area (Å²) < 4.78 is 0. The van der Waals surface area contributed by atoms with Crippen LogP contribution in [0.3, 0.4) is 0 Å². The molecule has 1 amide bonds. The van der Waals surface area contributed by atoms with Crippen LogP contribution in [0.25, 0.3) is 0 Å². The molecular formula is C10H14N4O. The molecule has 1 aromatic rings. The summed E-state index contributed by atoms with van der Waals surface area (Å²) in [6.07, 6.45) is 3.30. The van der Waals surface area contributed by atoms with Crippen LogP contribution in [0.5, 0.6) is 0 Å². The SMILES string of the molecule is CC(C)C(C#N)C(=O)NCc1ncc[nH]1. The number of carbonyl (C=O) groups excluding carboxylic acids is 1. The predicted octanol–water partition coefficient (Wildman–Crippen LogP) is 0.822. The van der Waals surface area contributed by atoms with E-state index in [9.17, 15) is 4.79 Å². The van der Waals surface area contributed by atoms with Crippen LogP contribution in [-0.2, 0) is 11.3 Å². The van der Waals surface area contributed by atoms with Crippen LogP contribution in [0.15, 0.2) is 12.4 Å². The summed E-state index contributed by atoms with van der Waals surface area (Å²) in [5, 5.41) is 11.5. The Balaban J connectivity index is 2.46. The first kappa shape index (κ1) is 11.2. The summed E-state index contributed by atoms with van der Waals surface area (Å²) in [5.74, 6) is -0.140. The predicted molar refractivity (Wildman–Crippen MR) is 54.4 cm³/mol. The molecule has 1 aromatic heterocycles. The molecule has 0 spiro atoms. The highest BCUT2D eigenvalue weighted by atomic mass is 16.1. The van der Waals surface area contributed by atoms with Crippen LogP contribution >= 0.6 is 0 Å². The molecule has 0 saturated heterocycles. The van der Waals surface area contributed by atoms with Crippen molar-refractivity contribution in [2.75, 3.05) is 0 Å². The first-order valence-electron chi connectivity index (χ1n) is 4.80. The number of H-pyrrole nitrogens is 1. The molecule has 0 bridgehead atoms. The summed E-state index contributed by atoms with van der Waals surface area (Å²) in [6.45, 7) is 4.03. The Kier molecular flexibility index (Phi) is 3.86. The number of aromatic amines is 1. The quantitative estimate of drug-likeness (QED) is 0.765. The van der Waals surface area contributed by atoms with Gasteiger partial charge in [-0.05, 0) is 5.92 Å². The van der Waals surface area contributed by atoms with Crippen molar-refractivity contribution < 1.29 is 4.79 Å². The number of carbonyl (C=O) groups is 1. The van der Waals surface area contributed by atoms with E-state index < -0.39 is 5.92 Å². The van der Waals surface area contributed by atoms with Crippen molar-refractivity contribution in [1.82, 2.24) is 15.3 Å². The lowest BCUT2D eigenvalue weighted by atomic mass is 9.97. The Morgan fingerprint density at radius 1 is 1.73 bits per heavy atom. The fourth-order valence-corrected chi connectivity index (χ4v) is 1.19. The Morgan fingerprint density at radius 2 is 2.47 bits per heavy atom. The van der Waals surface area contributed by atoms with Crippen LogP contribution in [0.4, 0.5) is 0 Å². The van der Waals surface area contributed by atoms with Gasteiger partial charge in [0, 0.05) is 12.4 Å². The minimum Gasteiger partial charge on any atom is -0.348 e. The molecular weight excluding hydrogens is 192 g/mol. The van der Waals surface area contributed by atoms with Gasteiger partial charge in [0.05, 0.1) is 12.6 Å². The van der Waals surface area contributed by atoms with Crippen molar-refractivity contribution in [3.8, 4) is 6.07 Å². The van der Waals surface area contributed by atoms with Gasteiger partial charge < -0.3 is 10.3 Å². The van der Waals surface area contributed by atoms with Gasteiger partial charge in [-0.15, -0.1) is 0 Å². The molecule has 0 fully saturated rings. The average molecular weight is 206 g/mol. The van der Waals surface area contributed by atoms with Crippen molar-refractivity contribution in [3.63, 3.8) is 0 Å². The lowest BCUT2D eigenvalue weighted by Gasteiger charge is -2.12. The Morgan fingerprint density at radius 3 is 2.93 bits per heavy atom. The van der Waals surface area contributed by atoms with E-state index in [1.807, 2.05) is 19.9 Å². The van der Waals surface area contributed by atoms with Crippen molar-refractivity contribution in [2.45, 2.75) is 20.4 Å². The minimum absolute atomic E-state index is 0.0200. The Bertz CT molecular complexity index is 350. The van der Waals surface area contributed by atoms with Gasteiger partial charge in [0.25, 0.3) is 0 Å². The molecule has 0 aliphatic carbocycles. The molecule has 0 radical (unpaired) electrons. The fourth-order valence-electron chi connectivity index (χ4n) is 1.19. The maximum atomic E-state index is 11.5. The highest BCUT2D eigenvalue weighted by Crippen LogP contribution is 2.09. The van der Waals surface area contributed by atoms with E-state index in [0.29, 0.717) is 12.4 Å². The zero-order valence-corrected chi connectivity index (χ0v) is 8.82. The number of nitrogens with one attached hydrogen (secondary N) is 2. The third kappa shape index (κ3) is 3.09. The van der Waals surface area contributed by atoms with Gasteiger partial charge in [-0.25, -0.2) is 4.98 Å². The monoisotopic (exact) mass is 206 g/mol. The van der Waals surface area contributed by atoms with Crippen LogP contribution in [-0.4, -0.2) is 15.9 Å². The smallest absolute Gasteiger partial charge is 0.237 e. The fraction of sp³-hybridized carbons (Fsp3) is 0.500. The Labute approximate surface area is 88.5 Å². The van der Waals surface area contributed by atoms with Gasteiger partial charge in [-0.3, -0.25) is 4.79 Å². The third-order valence-electron chi connectivity index (χ3n) is 2.07. The number of hydrogen-bond acceptors (Lipinski definition) is 3. The van der Waals surface area contributed by atoms with Crippen LogP contribution < -0.4 is 5.32 Å². The van der Waals surface area contributed by atoms with Gasteiger partial charge in [0.15, 0.2) is 0 Å². The number of nitriles is 1. The first-order chi connectivity index (χ1) is 7.15. The van der Waals surface area contributed by atoms with Crippen molar-refractivity contribution in [3.05, 3.63) is 18.2 Å². The second-order valence-corrected chi connectivity index (χ2v) is 3.60. The lowest BCUT2D eigenvalue weighted by Crippen LogP contribution is -2.32. The molecule has 0 aliphatic rings. The van der Waals surface area contributed by atoms with E-state index in [-0.39, 0.29) is 11.8 Å². The summed E-state index contributed by atoms with van der Waals surface area (Å²) in [7, 11) is 0. The van der Waals surface area contributed by atoms with Gasteiger partial charge in [-0.1, -0.05) is 13.8 Å². The molecule has 5 heteroatoms. The third-order valence-corrected chi connectivity index (χ3v) is 2.07. The highest BCUT2D eigenvalue weighted by Gasteiger charge is 2.21. The maximum Gasteiger partial charge on any atom is 0.237 e. The maximum absolute atomic E-state index is 11.5. The molecule has 1 atom stereocenters. The average Bonchev–Trinajstić information content (AvgIpc) is 2.67. The standard InChI is InChI=1S/C10H14N4O/c1-7(2)8(5-11)10(15)14-6-9-12-3-4-13-9/h3-4,7-8H,6H2,1-2H3,(H,12,13)(H,14,15). The zero-order valence-electron chi connectivity index (χ0n) is 8.82. The minimum atomic E-state index is -0.597. The zero-order chi connectivity index (χ0) is 11.3. The molecule has 15 heavy (non-hydrogen) atoms. The summed E-state index contributed by atoms with van der Waals surface area (Å²) >= 11 is 0. The number of aromatic nitrogens is 2. The van der Waals surface area contributed by atoms with Crippen molar-refractivity contribution >= 4 is 5.91 Å². The van der Waals surface area contributed by atoms with E-state index in [1.165, 1.54) is 0 Å². The van der Waals surface area contributed by atoms with E-state index >= 15 is 0 Å². The number of rotatable bonds is 4. The van der Waals surface area contributed by atoms with Crippen molar-refractivity contribution in [2.24, 2.45) is 11.8 Å². The number of amides is 1. The molecule has 1 heterocycles. The molecule has 80 valence electrons. The van der Waals surface area contributed by atoms with Crippen LogP contribution in [0.2, 0.25) is 0 Å². The molecule has 5 nitrogen and oxygen atoms in total. The van der Waals surface area contributed by atoms with Crippen LogP contribution in [0.1, 0.15) is 19.7 Å². The van der Waals surface area contributed by atoms with E-state index in [2.05, 4.69) is 15.3 Å². The largest absolute Gasteiger partial charge is 0.348 e. The molecule has 0 saturated carbocycles. The van der Waals surface area contributed by atoms with Gasteiger partial charge in [0.1, 0.15) is 11.7 Å². The number of imidazole rings is 1. The molecule has 2 N–H and O–H groups in total. The first-order valence-corrected chi connectivity index (χ1v) is 4.80. The van der Waals surface area contributed by atoms with Crippen LogP contribution in [0, 0.1) is 23.2 Å².